The Hall–Kier alpha value is -3.14. The molecule has 0 radical (unpaired) electrons. The van der Waals surface area contributed by atoms with Gasteiger partial charge >= 0.3 is 0 Å². The normalized spacial score (nSPS) is 12.0. The van der Waals surface area contributed by atoms with Crippen molar-refractivity contribution in [1.29, 1.82) is 0 Å². The molecule has 2 aromatic rings. The van der Waals surface area contributed by atoms with Crippen LogP contribution in [0.4, 0.5) is 10.1 Å². The Bertz CT molecular complexity index is 1080. The van der Waals surface area contributed by atoms with Crippen molar-refractivity contribution < 1.29 is 27.1 Å². The minimum absolute atomic E-state index is 0.0134. The predicted octanol–water partition coefficient (Wildman–Crippen LogP) is 2.93. The highest BCUT2D eigenvalue weighted by atomic mass is 32.2. The van der Waals surface area contributed by atoms with Crippen LogP contribution in [0.1, 0.15) is 32.8 Å². The van der Waals surface area contributed by atoms with Crippen LogP contribution in [-0.4, -0.2) is 57.1 Å². The van der Waals surface area contributed by atoms with Crippen molar-refractivity contribution in [2.45, 2.75) is 39.8 Å². The lowest BCUT2D eigenvalue weighted by molar-refractivity contribution is -0.140. The second kappa shape index (κ2) is 12.4. The molecule has 1 atom stereocenters. The number of sulfonamides is 1. The van der Waals surface area contributed by atoms with Crippen LogP contribution in [-0.2, 0) is 26.2 Å². The van der Waals surface area contributed by atoms with E-state index in [1.54, 1.807) is 45.0 Å². The zero-order chi connectivity index (χ0) is 25.3. The average molecular weight is 494 g/mol. The SMILES string of the molecule is CCNC(=O)[C@H](CC)N(Cc1ccc(F)cc1)C(=O)CN(c1ccccc1OCC)S(C)(=O)=O. The molecule has 0 aromatic heterocycles. The molecule has 34 heavy (non-hydrogen) atoms. The van der Waals surface area contributed by atoms with Crippen LogP contribution >= 0.6 is 0 Å². The maximum Gasteiger partial charge on any atom is 0.244 e. The smallest absolute Gasteiger partial charge is 0.244 e. The molecule has 2 rings (SSSR count). The van der Waals surface area contributed by atoms with Gasteiger partial charge in [-0.3, -0.25) is 13.9 Å². The van der Waals surface area contributed by atoms with E-state index in [2.05, 4.69) is 5.32 Å². The van der Waals surface area contributed by atoms with Crippen molar-refractivity contribution in [1.82, 2.24) is 10.2 Å². The summed E-state index contributed by atoms with van der Waals surface area (Å²) in [5.74, 6) is -1.02. The third kappa shape index (κ3) is 7.18. The van der Waals surface area contributed by atoms with Crippen LogP contribution in [0.5, 0.6) is 5.75 Å². The molecular weight excluding hydrogens is 461 g/mol. The fourth-order valence-corrected chi connectivity index (χ4v) is 4.39. The average Bonchev–Trinajstić information content (AvgIpc) is 2.78. The third-order valence-corrected chi connectivity index (χ3v) is 6.24. The number of likely N-dealkylation sites (N-methyl/N-ethyl adjacent to an activating group) is 1. The topological polar surface area (TPSA) is 96.0 Å². The van der Waals surface area contributed by atoms with E-state index in [1.807, 2.05) is 0 Å². The molecule has 0 bridgehead atoms. The summed E-state index contributed by atoms with van der Waals surface area (Å²) in [6.07, 6.45) is 1.32. The summed E-state index contributed by atoms with van der Waals surface area (Å²) in [6, 6.07) is 11.3. The van der Waals surface area contributed by atoms with Gasteiger partial charge in [0.25, 0.3) is 0 Å². The van der Waals surface area contributed by atoms with Crippen LogP contribution in [0, 0.1) is 5.82 Å². The van der Waals surface area contributed by atoms with E-state index in [0.29, 0.717) is 30.9 Å². The van der Waals surface area contributed by atoms with E-state index in [0.717, 1.165) is 10.6 Å². The fraction of sp³-hybridized carbons (Fsp3) is 0.417. The monoisotopic (exact) mass is 493 g/mol. The quantitative estimate of drug-likeness (QED) is 0.491. The molecule has 0 spiro atoms. The molecule has 0 aliphatic carbocycles. The van der Waals surface area contributed by atoms with Crippen LogP contribution in [0.15, 0.2) is 48.5 Å². The molecule has 0 saturated carbocycles. The minimum Gasteiger partial charge on any atom is -0.492 e. The molecule has 0 aliphatic rings. The highest BCUT2D eigenvalue weighted by molar-refractivity contribution is 7.92. The number of nitrogens with one attached hydrogen (secondary N) is 1. The van der Waals surface area contributed by atoms with Gasteiger partial charge in [-0.25, -0.2) is 12.8 Å². The summed E-state index contributed by atoms with van der Waals surface area (Å²) in [7, 11) is -3.87. The van der Waals surface area contributed by atoms with Crippen LogP contribution < -0.4 is 14.4 Å². The van der Waals surface area contributed by atoms with Crippen LogP contribution in [0.3, 0.4) is 0 Å². The van der Waals surface area contributed by atoms with E-state index >= 15 is 0 Å². The lowest BCUT2D eigenvalue weighted by atomic mass is 10.1. The molecule has 2 amide bonds. The van der Waals surface area contributed by atoms with Gasteiger partial charge in [-0.2, -0.15) is 0 Å². The first-order valence-electron chi connectivity index (χ1n) is 11.1. The van der Waals surface area contributed by atoms with Crippen molar-refractivity contribution in [2.75, 3.05) is 30.3 Å². The van der Waals surface area contributed by atoms with E-state index in [-0.39, 0.29) is 18.1 Å². The predicted molar refractivity (Wildman–Crippen MR) is 130 cm³/mol. The number of rotatable bonds is 12. The Morgan fingerprint density at radius 3 is 2.26 bits per heavy atom. The van der Waals surface area contributed by atoms with E-state index < -0.39 is 34.3 Å². The number of benzene rings is 2. The maximum atomic E-state index is 13.5. The third-order valence-electron chi connectivity index (χ3n) is 5.12. The Kier molecular flexibility index (Phi) is 9.85. The number of anilines is 1. The number of hydrogen-bond donors (Lipinski definition) is 1. The molecule has 0 unspecified atom stereocenters. The molecule has 186 valence electrons. The lowest BCUT2D eigenvalue weighted by Gasteiger charge is -2.33. The standard InChI is InChI=1S/C24H32FN3O5S/c1-5-20(24(30)26-6-2)27(16-18-12-14-19(25)15-13-18)23(29)17-28(34(4,31)32)21-10-8-9-11-22(21)33-7-3/h8-15,20H,5-7,16-17H2,1-4H3,(H,26,30)/t20-/m0/s1. The summed E-state index contributed by atoms with van der Waals surface area (Å²) in [5, 5.41) is 2.72. The lowest BCUT2D eigenvalue weighted by Crippen LogP contribution is -2.52. The molecule has 0 aliphatic heterocycles. The fourth-order valence-electron chi connectivity index (χ4n) is 3.53. The minimum atomic E-state index is -3.87. The first-order chi connectivity index (χ1) is 16.1. The van der Waals surface area contributed by atoms with Gasteiger partial charge in [0.15, 0.2) is 0 Å². The zero-order valence-corrected chi connectivity index (χ0v) is 20.8. The van der Waals surface area contributed by atoms with Crippen molar-refractivity contribution in [3.63, 3.8) is 0 Å². The summed E-state index contributed by atoms with van der Waals surface area (Å²) < 4.78 is 45.3. The zero-order valence-electron chi connectivity index (χ0n) is 20.0. The Balaban J connectivity index is 2.46. The Morgan fingerprint density at radius 1 is 1.06 bits per heavy atom. The first-order valence-corrected chi connectivity index (χ1v) is 13.0. The molecule has 0 saturated heterocycles. The summed E-state index contributed by atoms with van der Waals surface area (Å²) in [6.45, 7) is 5.49. The molecule has 8 nitrogen and oxygen atoms in total. The number of carbonyl (C=O) groups is 2. The summed E-state index contributed by atoms with van der Waals surface area (Å²) >= 11 is 0. The second-order valence-corrected chi connectivity index (χ2v) is 9.54. The molecule has 0 heterocycles. The highest BCUT2D eigenvalue weighted by Crippen LogP contribution is 2.30. The van der Waals surface area contributed by atoms with Gasteiger partial charge in [-0.1, -0.05) is 31.2 Å². The molecule has 1 N–H and O–H groups in total. The number of halogens is 1. The van der Waals surface area contributed by atoms with Gasteiger partial charge in [-0.15, -0.1) is 0 Å². The first kappa shape index (κ1) is 27.1. The number of hydrogen-bond acceptors (Lipinski definition) is 5. The van der Waals surface area contributed by atoms with Gasteiger partial charge in [0, 0.05) is 13.1 Å². The van der Waals surface area contributed by atoms with Gasteiger partial charge in [-0.05, 0) is 50.1 Å². The van der Waals surface area contributed by atoms with E-state index in [9.17, 15) is 22.4 Å². The summed E-state index contributed by atoms with van der Waals surface area (Å²) in [4.78, 5) is 27.6. The number of nitrogens with zero attached hydrogens (tertiary/aromatic N) is 2. The highest BCUT2D eigenvalue weighted by Gasteiger charge is 2.32. The van der Waals surface area contributed by atoms with Crippen molar-refractivity contribution >= 4 is 27.5 Å². The maximum absolute atomic E-state index is 13.5. The molecule has 0 fully saturated rings. The molecule has 2 aromatic carbocycles. The van der Waals surface area contributed by atoms with Gasteiger partial charge < -0.3 is 15.0 Å². The summed E-state index contributed by atoms with van der Waals surface area (Å²) in [5.41, 5.74) is 0.839. The van der Waals surface area contributed by atoms with Crippen molar-refractivity contribution in [3.8, 4) is 5.75 Å². The number of amides is 2. The van der Waals surface area contributed by atoms with E-state index in [4.69, 9.17) is 4.74 Å². The van der Waals surface area contributed by atoms with Crippen LogP contribution in [0.25, 0.3) is 0 Å². The van der Waals surface area contributed by atoms with E-state index in [1.165, 1.54) is 29.2 Å². The van der Waals surface area contributed by atoms with Gasteiger partial charge in [0.1, 0.15) is 24.2 Å². The van der Waals surface area contributed by atoms with Gasteiger partial charge in [0.2, 0.25) is 21.8 Å². The van der Waals surface area contributed by atoms with Crippen molar-refractivity contribution in [2.24, 2.45) is 0 Å². The molecule has 10 heteroatoms. The number of ether oxygens (including phenoxy) is 1. The Morgan fingerprint density at radius 2 is 1.71 bits per heavy atom. The largest absolute Gasteiger partial charge is 0.492 e. The molecular formula is C24H32FN3O5S. The van der Waals surface area contributed by atoms with Crippen molar-refractivity contribution in [3.05, 3.63) is 59.9 Å². The second-order valence-electron chi connectivity index (χ2n) is 7.64. The Labute approximate surface area is 200 Å². The van der Waals surface area contributed by atoms with Gasteiger partial charge in [0.05, 0.1) is 18.6 Å². The van der Waals surface area contributed by atoms with Crippen LogP contribution in [0.2, 0.25) is 0 Å². The number of carbonyl (C=O) groups excluding carboxylic acids is 2. The number of para-hydroxylation sites is 2.